The molecule has 3 nitrogen and oxygen atoms in total. The number of primary amides is 1. The average molecular weight is 167 g/mol. The summed E-state index contributed by atoms with van der Waals surface area (Å²) >= 11 is 0. The molecule has 0 aliphatic carbocycles. The van der Waals surface area contributed by atoms with E-state index in [-0.39, 0.29) is 24.4 Å². The predicted octanol–water partition coefficient (Wildman–Crippen LogP) is -3.43. The van der Waals surface area contributed by atoms with Crippen molar-refractivity contribution >= 4 is 5.91 Å². The second-order valence-corrected chi connectivity index (χ2v) is 3.19. The summed E-state index contributed by atoms with van der Waals surface area (Å²) in [5.41, 5.74) is 5.07. The van der Waals surface area contributed by atoms with Gasteiger partial charge in [-0.3, -0.25) is 4.79 Å². The van der Waals surface area contributed by atoms with Gasteiger partial charge in [0.1, 0.15) is 0 Å². The lowest BCUT2D eigenvalue weighted by molar-refractivity contribution is -0.884. The van der Waals surface area contributed by atoms with Crippen LogP contribution in [0.15, 0.2) is 0 Å². The number of hydrogen-bond acceptors (Lipinski definition) is 1. The molecule has 0 heterocycles. The standard InChI is InChI=1S/C6H14N2O.ClH/c1-5(6(7)9)8(2,3)4;/h5H,1-4H3,(H-,7,9);1H. The lowest BCUT2D eigenvalue weighted by Gasteiger charge is -2.28. The Hall–Kier alpha value is -0.280. The van der Waals surface area contributed by atoms with E-state index in [0.717, 1.165) is 0 Å². The highest BCUT2D eigenvalue weighted by Gasteiger charge is 2.23. The molecule has 0 saturated heterocycles. The molecule has 1 atom stereocenters. The molecule has 0 aromatic heterocycles. The molecule has 4 heteroatoms. The van der Waals surface area contributed by atoms with Crippen LogP contribution in [0.4, 0.5) is 0 Å². The number of nitrogens with two attached hydrogens (primary N) is 1. The van der Waals surface area contributed by atoms with Gasteiger partial charge in [0.15, 0.2) is 6.04 Å². The molecule has 0 bridgehead atoms. The van der Waals surface area contributed by atoms with E-state index < -0.39 is 0 Å². The van der Waals surface area contributed by atoms with E-state index in [1.165, 1.54) is 0 Å². The van der Waals surface area contributed by atoms with Gasteiger partial charge in [-0.1, -0.05) is 0 Å². The normalized spacial score (nSPS) is 13.6. The number of amides is 1. The van der Waals surface area contributed by atoms with Gasteiger partial charge in [0.2, 0.25) is 0 Å². The van der Waals surface area contributed by atoms with Crippen molar-refractivity contribution < 1.29 is 21.7 Å². The van der Waals surface area contributed by atoms with E-state index in [9.17, 15) is 4.79 Å². The molecule has 0 spiro atoms. The molecule has 10 heavy (non-hydrogen) atoms. The number of carbonyl (C=O) groups excluding carboxylic acids is 1. The van der Waals surface area contributed by atoms with Crippen molar-refractivity contribution in [2.45, 2.75) is 13.0 Å². The monoisotopic (exact) mass is 166 g/mol. The van der Waals surface area contributed by atoms with E-state index in [2.05, 4.69) is 0 Å². The fourth-order valence-corrected chi connectivity index (χ4v) is 0.382. The number of nitrogens with zero attached hydrogens (tertiary/aromatic N) is 1. The Bertz CT molecular complexity index is 119. The summed E-state index contributed by atoms with van der Waals surface area (Å²) in [4.78, 5) is 10.6. The first-order valence-corrected chi connectivity index (χ1v) is 2.96. The molecule has 0 radical (unpaired) electrons. The molecule has 0 aliphatic heterocycles. The molecule has 1 unspecified atom stereocenters. The highest BCUT2D eigenvalue weighted by atomic mass is 35.5. The van der Waals surface area contributed by atoms with Crippen molar-refractivity contribution in [1.82, 2.24) is 0 Å². The zero-order valence-electron chi connectivity index (χ0n) is 6.89. The number of likely N-dealkylation sites (N-methyl/N-ethyl adjacent to an activating group) is 1. The number of quaternary nitrogens is 1. The van der Waals surface area contributed by atoms with Crippen LogP contribution in [0, 0.1) is 0 Å². The molecule has 0 aliphatic rings. The van der Waals surface area contributed by atoms with Crippen LogP contribution in [0.25, 0.3) is 0 Å². The first-order chi connectivity index (χ1) is 3.85. The fraction of sp³-hybridized carbons (Fsp3) is 0.833. The van der Waals surface area contributed by atoms with Crippen LogP contribution in [-0.2, 0) is 4.79 Å². The van der Waals surface area contributed by atoms with Gasteiger partial charge in [0.05, 0.1) is 21.1 Å². The van der Waals surface area contributed by atoms with Gasteiger partial charge < -0.3 is 22.6 Å². The topological polar surface area (TPSA) is 43.1 Å². The van der Waals surface area contributed by atoms with Crippen LogP contribution >= 0.6 is 0 Å². The minimum absolute atomic E-state index is 0. The summed E-state index contributed by atoms with van der Waals surface area (Å²) in [6.07, 6.45) is 0. The smallest absolute Gasteiger partial charge is 0.275 e. The maximum atomic E-state index is 10.6. The molecule has 2 N–H and O–H groups in total. The summed E-state index contributed by atoms with van der Waals surface area (Å²) < 4.78 is 0.593. The van der Waals surface area contributed by atoms with Crippen molar-refractivity contribution in [2.75, 3.05) is 21.1 Å². The van der Waals surface area contributed by atoms with E-state index >= 15 is 0 Å². The maximum absolute atomic E-state index is 10.6. The van der Waals surface area contributed by atoms with Gasteiger partial charge in [0, 0.05) is 0 Å². The number of rotatable bonds is 2. The van der Waals surface area contributed by atoms with Crippen LogP contribution in [0.3, 0.4) is 0 Å². The van der Waals surface area contributed by atoms with Gasteiger partial charge in [-0.05, 0) is 6.92 Å². The first-order valence-electron chi connectivity index (χ1n) is 2.96. The van der Waals surface area contributed by atoms with Gasteiger partial charge in [-0.25, -0.2) is 0 Å². The minimum Gasteiger partial charge on any atom is -1.00 e. The Labute approximate surface area is 68.2 Å². The van der Waals surface area contributed by atoms with Crippen LogP contribution < -0.4 is 18.1 Å². The molecule has 0 aromatic carbocycles. The number of carbonyl (C=O) groups is 1. The summed E-state index contributed by atoms with van der Waals surface area (Å²) in [6, 6.07) is -0.106. The lowest BCUT2D eigenvalue weighted by atomic mass is 10.2. The lowest BCUT2D eigenvalue weighted by Crippen LogP contribution is -3.00. The van der Waals surface area contributed by atoms with E-state index in [4.69, 9.17) is 5.73 Å². The molecule has 0 fully saturated rings. The average Bonchev–Trinajstić information content (AvgIpc) is 1.62. The molecule has 0 saturated carbocycles. The Morgan fingerprint density at radius 1 is 1.40 bits per heavy atom. The van der Waals surface area contributed by atoms with Gasteiger partial charge in [-0.15, -0.1) is 0 Å². The van der Waals surface area contributed by atoms with Gasteiger partial charge in [-0.2, -0.15) is 0 Å². The Morgan fingerprint density at radius 2 is 1.70 bits per heavy atom. The highest BCUT2D eigenvalue weighted by Crippen LogP contribution is 1.99. The van der Waals surface area contributed by atoms with Crippen LogP contribution in [0.2, 0.25) is 0 Å². The molecule has 0 aromatic rings. The van der Waals surface area contributed by atoms with Crippen LogP contribution in [0.1, 0.15) is 6.92 Å². The Morgan fingerprint density at radius 3 is 1.70 bits per heavy atom. The summed E-state index contributed by atoms with van der Waals surface area (Å²) in [5.74, 6) is -0.248. The summed E-state index contributed by atoms with van der Waals surface area (Å²) in [6.45, 7) is 1.82. The maximum Gasteiger partial charge on any atom is 0.275 e. The third kappa shape index (κ3) is 3.69. The minimum atomic E-state index is -0.248. The summed E-state index contributed by atoms with van der Waals surface area (Å²) in [7, 11) is 5.82. The van der Waals surface area contributed by atoms with E-state index in [1.54, 1.807) is 0 Å². The SMILES string of the molecule is CC(C(N)=O)[N+](C)(C)C.[Cl-]. The highest BCUT2D eigenvalue weighted by molar-refractivity contribution is 5.78. The third-order valence-corrected chi connectivity index (χ3v) is 1.57. The van der Waals surface area contributed by atoms with Crippen molar-refractivity contribution in [3.63, 3.8) is 0 Å². The van der Waals surface area contributed by atoms with E-state index in [1.807, 2.05) is 28.1 Å². The summed E-state index contributed by atoms with van der Waals surface area (Å²) in [5, 5.41) is 0. The molecule has 62 valence electrons. The van der Waals surface area contributed by atoms with Gasteiger partial charge >= 0.3 is 0 Å². The number of halogens is 1. The van der Waals surface area contributed by atoms with Crippen LogP contribution in [0.5, 0.6) is 0 Å². The van der Waals surface area contributed by atoms with Crippen LogP contribution in [-0.4, -0.2) is 37.6 Å². The largest absolute Gasteiger partial charge is 1.00 e. The molecular formula is C6H15ClN2O. The fourth-order valence-electron chi connectivity index (χ4n) is 0.382. The van der Waals surface area contributed by atoms with E-state index in [0.29, 0.717) is 4.48 Å². The second kappa shape index (κ2) is 3.78. The first kappa shape index (κ1) is 12.4. The zero-order chi connectivity index (χ0) is 7.65. The van der Waals surface area contributed by atoms with Gasteiger partial charge in [0.25, 0.3) is 5.91 Å². The van der Waals surface area contributed by atoms with Crippen molar-refractivity contribution in [3.05, 3.63) is 0 Å². The second-order valence-electron chi connectivity index (χ2n) is 3.19. The third-order valence-electron chi connectivity index (χ3n) is 1.57. The quantitative estimate of drug-likeness (QED) is 0.427. The van der Waals surface area contributed by atoms with Crippen molar-refractivity contribution in [2.24, 2.45) is 5.73 Å². The van der Waals surface area contributed by atoms with Crippen molar-refractivity contribution in [1.29, 1.82) is 0 Å². The molecule has 0 rings (SSSR count). The molecule has 1 amide bonds. The number of hydrogen-bond donors (Lipinski definition) is 1. The zero-order valence-corrected chi connectivity index (χ0v) is 7.64. The predicted molar refractivity (Wildman–Crippen MR) is 36.7 cm³/mol. The Balaban J connectivity index is 0. The van der Waals surface area contributed by atoms with Crippen molar-refractivity contribution in [3.8, 4) is 0 Å². The Kier molecular flexibility index (Phi) is 4.69. The molecular weight excluding hydrogens is 152 g/mol.